The summed E-state index contributed by atoms with van der Waals surface area (Å²) in [6.07, 6.45) is 14.1. The molecule has 0 radical (unpaired) electrons. The van der Waals surface area contributed by atoms with E-state index < -0.39 is 0 Å². The zero-order valence-corrected chi connectivity index (χ0v) is 18.1. The summed E-state index contributed by atoms with van der Waals surface area (Å²) in [6.45, 7) is 7.79. The Balaban J connectivity index is 1.60. The molecule has 0 amide bonds. The molecule has 0 aromatic heterocycles. The first-order chi connectivity index (χ1) is 12.3. The van der Waals surface area contributed by atoms with E-state index in [1.165, 1.54) is 51.4 Å². The lowest BCUT2D eigenvalue weighted by Crippen LogP contribution is -2.52. The SMILES string of the molecule is CNC1CCC2(C)C(=CCC3C2CCC2(C)C3CCC2C(C)N(C)C)C1. The van der Waals surface area contributed by atoms with E-state index in [4.69, 9.17) is 0 Å². The van der Waals surface area contributed by atoms with Crippen molar-refractivity contribution < 1.29 is 0 Å². The highest BCUT2D eigenvalue weighted by Gasteiger charge is 2.59. The second-order valence-corrected chi connectivity index (χ2v) is 10.9. The number of rotatable bonds is 3. The minimum Gasteiger partial charge on any atom is -0.317 e. The minimum atomic E-state index is 0.503. The fourth-order valence-electron chi connectivity index (χ4n) is 8.10. The van der Waals surface area contributed by atoms with Gasteiger partial charge in [-0.2, -0.15) is 0 Å². The van der Waals surface area contributed by atoms with Crippen LogP contribution in [0.2, 0.25) is 0 Å². The highest BCUT2D eigenvalue weighted by Crippen LogP contribution is 2.66. The van der Waals surface area contributed by atoms with Gasteiger partial charge in [0, 0.05) is 12.1 Å². The number of fused-ring (bicyclic) bond motifs is 5. The maximum absolute atomic E-state index is 3.55. The molecule has 0 spiro atoms. The summed E-state index contributed by atoms with van der Waals surface area (Å²) in [4.78, 5) is 2.48. The monoisotopic (exact) mass is 358 g/mol. The van der Waals surface area contributed by atoms with Crippen LogP contribution < -0.4 is 5.32 Å². The highest BCUT2D eigenvalue weighted by molar-refractivity contribution is 5.26. The third-order valence-corrected chi connectivity index (χ3v) is 9.98. The third-order valence-electron chi connectivity index (χ3n) is 9.98. The quantitative estimate of drug-likeness (QED) is 0.706. The van der Waals surface area contributed by atoms with Crippen molar-refractivity contribution in [2.75, 3.05) is 21.1 Å². The first-order valence-corrected chi connectivity index (χ1v) is 11.3. The predicted octanol–water partition coefficient (Wildman–Crippen LogP) is 5.10. The first kappa shape index (κ1) is 19.0. The summed E-state index contributed by atoms with van der Waals surface area (Å²) in [7, 11) is 6.71. The molecule has 0 aromatic rings. The van der Waals surface area contributed by atoms with Crippen molar-refractivity contribution in [3.63, 3.8) is 0 Å². The van der Waals surface area contributed by atoms with E-state index in [0.717, 1.165) is 35.8 Å². The van der Waals surface area contributed by atoms with Crippen LogP contribution in [0, 0.1) is 34.5 Å². The van der Waals surface area contributed by atoms with Gasteiger partial charge in [0.05, 0.1) is 0 Å². The molecule has 0 heterocycles. The lowest BCUT2D eigenvalue weighted by atomic mass is 9.47. The van der Waals surface area contributed by atoms with Gasteiger partial charge in [0.15, 0.2) is 0 Å². The summed E-state index contributed by atoms with van der Waals surface area (Å²) in [5.74, 6) is 3.76. The van der Waals surface area contributed by atoms with Crippen LogP contribution in [-0.2, 0) is 0 Å². The summed E-state index contributed by atoms with van der Waals surface area (Å²) >= 11 is 0. The maximum Gasteiger partial charge on any atom is 0.0102 e. The van der Waals surface area contributed by atoms with Crippen LogP contribution in [0.3, 0.4) is 0 Å². The van der Waals surface area contributed by atoms with Crippen molar-refractivity contribution in [3.05, 3.63) is 11.6 Å². The molecule has 2 nitrogen and oxygen atoms in total. The van der Waals surface area contributed by atoms with Crippen molar-refractivity contribution in [3.8, 4) is 0 Å². The smallest absolute Gasteiger partial charge is 0.0102 e. The van der Waals surface area contributed by atoms with Gasteiger partial charge in [-0.1, -0.05) is 25.5 Å². The van der Waals surface area contributed by atoms with Gasteiger partial charge in [-0.25, -0.2) is 0 Å². The summed E-state index contributed by atoms with van der Waals surface area (Å²) in [6, 6.07) is 1.44. The number of allylic oxidation sites excluding steroid dienone is 1. The van der Waals surface area contributed by atoms with E-state index in [9.17, 15) is 0 Å². The van der Waals surface area contributed by atoms with Crippen molar-refractivity contribution in [2.45, 2.75) is 84.2 Å². The largest absolute Gasteiger partial charge is 0.317 e. The predicted molar refractivity (Wildman–Crippen MR) is 111 cm³/mol. The van der Waals surface area contributed by atoms with Gasteiger partial charge in [0.2, 0.25) is 0 Å². The standard InChI is InChI=1S/C24H42N2/c1-16(26(5)6)20-9-10-21-19-8-7-17-15-18(25-4)11-13-23(17,2)22(19)12-14-24(20,21)3/h7,16,18-22,25H,8-15H2,1-6H3. The molecular formula is C24H42N2. The van der Waals surface area contributed by atoms with Gasteiger partial charge >= 0.3 is 0 Å². The summed E-state index contributed by atoms with van der Waals surface area (Å²) in [5, 5.41) is 3.55. The van der Waals surface area contributed by atoms with Crippen LogP contribution in [-0.4, -0.2) is 38.1 Å². The zero-order chi connectivity index (χ0) is 18.7. The second kappa shape index (κ2) is 6.62. The number of hydrogen-bond acceptors (Lipinski definition) is 2. The molecule has 0 aliphatic heterocycles. The third kappa shape index (κ3) is 2.65. The fraction of sp³-hybridized carbons (Fsp3) is 0.917. The Morgan fingerprint density at radius 2 is 1.85 bits per heavy atom. The molecule has 148 valence electrons. The van der Waals surface area contributed by atoms with Crippen molar-refractivity contribution in [1.82, 2.24) is 10.2 Å². The van der Waals surface area contributed by atoms with Crippen LogP contribution in [0.15, 0.2) is 11.6 Å². The Morgan fingerprint density at radius 3 is 2.54 bits per heavy atom. The molecule has 1 N–H and O–H groups in total. The number of nitrogens with one attached hydrogen (secondary N) is 1. The summed E-state index contributed by atoms with van der Waals surface area (Å²) < 4.78 is 0. The molecule has 0 saturated heterocycles. The summed E-state index contributed by atoms with van der Waals surface area (Å²) in [5.41, 5.74) is 2.89. The topological polar surface area (TPSA) is 15.3 Å². The lowest BCUT2D eigenvalue weighted by Gasteiger charge is -2.58. The van der Waals surface area contributed by atoms with Crippen molar-refractivity contribution >= 4 is 0 Å². The Kier molecular flexibility index (Phi) is 4.84. The molecule has 8 unspecified atom stereocenters. The molecule has 26 heavy (non-hydrogen) atoms. The van der Waals surface area contributed by atoms with Gasteiger partial charge in [0.25, 0.3) is 0 Å². The fourth-order valence-corrected chi connectivity index (χ4v) is 8.10. The molecule has 3 fully saturated rings. The highest BCUT2D eigenvalue weighted by atomic mass is 15.1. The molecule has 8 atom stereocenters. The van der Waals surface area contributed by atoms with Gasteiger partial charge in [0.1, 0.15) is 0 Å². The van der Waals surface area contributed by atoms with Crippen LogP contribution >= 0.6 is 0 Å². The second-order valence-electron chi connectivity index (χ2n) is 10.9. The minimum absolute atomic E-state index is 0.503. The normalized spacial score (nSPS) is 49.2. The Bertz CT molecular complexity index is 567. The van der Waals surface area contributed by atoms with E-state index in [1.54, 1.807) is 0 Å². The number of hydrogen-bond donors (Lipinski definition) is 1. The average molecular weight is 359 g/mol. The van der Waals surface area contributed by atoms with Crippen LogP contribution in [0.5, 0.6) is 0 Å². The molecular weight excluding hydrogens is 316 g/mol. The van der Waals surface area contributed by atoms with Crippen molar-refractivity contribution in [1.29, 1.82) is 0 Å². The van der Waals surface area contributed by atoms with Crippen molar-refractivity contribution in [2.24, 2.45) is 34.5 Å². The molecule has 0 bridgehead atoms. The van der Waals surface area contributed by atoms with E-state index in [1.807, 2.05) is 5.57 Å². The number of nitrogens with zero attached hydrogens (tertiary/aromatic N) is 1. The molecule has 4 aliphatic rings. The molecule has 3 saturated carbocycles. The van der Waals surface area contributed by atoms with Gasteiger partial charge < -0.3 is 10.2 Å². The van der Waals surface area contributed by atoms with E-state index in [0.29, 0.717) is 10.8 Å². The van der Waals surface area contributed by atoms with Crippen LogP contribution in [0.1, 0.15) is 72.1 Å². The first-order valence-electron chi connectivity index (χ1n) is 11.3. The van der Waals surface area contributed by atoms with E-state index >= 15 is 0 Å². The lowest BCUT2D eigenvalue weighted by molar-refractivity contribution is -0.0529. The Morgan fingerprint density at radius 1 is 1.08 bits per heavy atom. The van der Waals surface area contributed by atoms with E-state index in [-0.39, 0.29) is 0 Å². The van der Waals surface area contributed by atoms with E-state index in [2.05, 4.69) is 58.2 Å². The van der Waals surface area contributed by atoms with Crippen LogP contribution in [0.25, 0.3) is 0 Å². The Hall–Kier alpha value is -0.340. The van der Waals surface area contributed by atoms with Gasteiger partial charge in [-0.15, -0.1) is 0 Å². The van der Waals surface area contributed by atoms with Crippen LogP contribution in [0.4, 0.5) is 0 Å². The average Bonchev–Trinajstić information content (AvgIpc) is 2.97. The Labute approximate surface area is 162 Å². The molecule has 4 aliphatic carbocycles. The molecule has 0 aromatic carbocycles. The van der Waals surface area contributed by atoms with Gasteiger partial charge in [-0.3, -0.25) is 0 Å². The molecule has 4 rings (SSSR count). The van der Waals surface area contributed by atoms with Gasteiger partial charge in [-0.05, 0) is 114 Å². The maximum atomic E-state index is 3.55. The molecule has 2 heteroatoms. The zero-order valence-electron chi connectivity index (χ0n) is 18.1.